The number of rotatable bonds is 5. The van der Waals surface area contributed by atoms with Crippen LogP contribution in [0.2, 0.25) is 0 Å². The molecule has 0 aliphatic heterocycles. The minimum absolute atomic E-state index is 0.0102. The van der Waals surface area contributed by atoms with Gasteiger partial charge in [-0.2, -0.15) is 5.90 Å². The van der Waals surface area contributed by atoms with Crippen molar-refractivity contribution < 1.29 is 19.5 Å². The van der Waals surface area contributed by atoms with E-state index >= 15 is 0 Å². The smallest absolute Gasteiger partial charge is 0.360 e. The van der Waals surface area contributed by atoms with Gasteiger partial charge in [-0.3, -0.25) is 4.90 Å². The standard InChI is InChI=1S/C21H22N2O4/c1-23(2)19(13-7-5-4-6-8-13)18-16-10-9-15(26-3)11-14(16)12-17(20(18)24)21(25)27-22/h4-12,19,24H,22H2,1-3H3. The topological polar surface area (TPSA) is 85.0 Å². The Labute approximate surface area is 157 Å². The number of carbonyl (C=O) groups is 1. The highest BCUT2D eigenvalue weighted by Crippen LogP contribution is 2.41. The molecule has 0 saturated heterocycles. The van der Waals surface area contributed by atoms with E-state index in [0.717, 1.165) is 16.3 Å². The molecule has 6 nitrogen and oxygen atoms in total. The van der Waals surface area contributed by atoms with Crippen molar-refractivity contribution in [2.24, 2.45) is 5.90 Å². The number of aromatic hydroxyl groups is 1. The Hall–Kier alpha value is -3.09. The van der Waals surface area contributed by atoms with Gasteiger partial charge in [0.05, 0.1) is 13.2 Å². The Morgan fingerprint density at radius 1 is 1.11 bits per heavy atom. The molecule has 0 bridgehead atoms. The van der Waals surface area contributed by atoms with Gasteiger partial charge in [0.15, 0.2) is 0 Å². The number of hydrogen-bond acceptors (Lipinski definition) is 6. The van der Waals surface area contributed by atoms with Crippen molar-refractivity contribution in [2.75, 3.05) is 21.2 Å². The van der Waals surface area contributed by atoms with Crippen LogP contribution in [0.5, 0.6) is 11.5 Å². The fourth-order valence-corrected chi connectivity index (χ4v) is 3.38. The lowest BCUT2D eigenvalue weighted by atomic mass is 9.90. The maximum atomic E-state index is 12.2. The van der Waals surface area contributed by atoms with Crippen molar-refractivity contribution in [1.82, 2.24) is 4.90 Å². The molecule has 1 atom stereocenters. The average Bonchev–Trinajstić information content (AvgIpc) is 2.69. The highest BCUT2D eigenvalue weighted by molar-refractivity contribution is 6.01. The van der Waals surface area contributed by atoms with Crippen LogP contribution in [0.3, 0.4) is 0 Å². The Morgan fingerprint density at radius 2 is 1.81 bits per heavy atom. The predicted molar refractivity (Wildman–Crippen MR) is 104 cm³/mol. The molecule has 3 aromatic carbocycles. The maximum absolute atomic E-state index is 12.2. The number of carbonyl (C=O) groups excluding carboxylic acids is 1. The van der Waals surface area contributed by atoms with Crippen LogP contribution in [0.1, 0.15) is 27.5 Å². The summed E-state index contributed by atoms with van der Waals surface area (Å²) in [5.41, 5.74) is 1.59. The number of nitrogens with two attached hydrogens (primary N) is 1. The van der Waals surface area contributed by atoms with Gasteiger partial charge < -0.3 is 14.7 Å². The van der Waals surface area contributed by atoms with E-state index in [1.54, 1.807) is 13.2 Å². The number of nitrogens with zero attached hydrogens (tertiary/aromatic N) is 1. The Bertz CT molecular complexity index is 971. The van der Waals surface area contributed by atoms with E-state index < -0.39 is 5.97 Å². The summed E-state index contributed by atoms with van der Waals surface area (Å²) >= 11 is 0. The lowest BCUT2D eigenvalue weighted by Crippen LogP contribution is -2.22. The molecule has 3 aromatic rings. The molecule has 1 unspecified atom stereocenters. The fourth-order valence-electron chi connectivity index (χ4n) is 3.38. The van der Waals surface area contributed by atoms with Crippen molar-refractivity contribution in [1.29, 1.82) is 0 Å². The number of fused-ring (bicyclic) bond motifs is 1. The average molecular weight is 366 g/mol. The summed E-state index contributed by atoms with van der Waals surface area (Å²) in [5, 5.41) is 12.5. The highest BCUT2D eigenvalue weighted by atomic mass is 16.7. The summed E-state index contributed by atoms with van der Waals surface area (Å²) in [5.74, 6) is 4.77. The van der Waals surface area contributed by atoms with Gasteiger partial charge in [-0.15, -0.1) is 0 Å². The fraction of sp³-hybridized carbons (Fsp3) is 0.190. The molecule has 0 amide bonds. The zero-order valence-corrected chi connectivity index (χ0v) is 15.5. The van der Waals surface area contributed by atoms with Crippen LogP contribution < -0.4 is 10.6 Å². The third-order valence-electron chi connectivity index (χ3n) is 4.59. The molecule has 3 N–H and O–H groups in total. The van der Waals surface area contributed by atoms with Crippen molar-refractivity contribution in [3.05, 3.63) is 71.3 Å². The summed E-state index contributed by atoms with van der Waals surface area (Å²) < 4.78 is 5.30. The third kappa shape index (κ3) is 3.45. The summed E-state index contributed by atoms with van der Waals surface area (Å²) in [6.07, 6.45) is 0. The first-order valence-electron chi connectivity index (χ1n) is 8.44. The molecule has 140 valence electrons. The molecule has 0 fully saturated rings. The van der Waals surface area contributed by atoms with E-state index in [-0.39, 0.29) is 17.4 Å². The van der Waals surface area contributed by atoms with Gasteiger partial charge in [0, 0.05) is 5.56 Å². The van der Waals surface area contributed by atoms with E-state index in [9.17, 15) is 9.90 Å². The zero-order chi connectivity index (χ0) is 19.6. The van der Waals surface area contributed by atoms with Crippen molar-refractivity contribution in [2.45, 2.75) is 6.04 Å². The van der Waals surface area contributed by atoms with Crippen molar-refractivity contribution in [3.63, 3.8) is 0 Å². The molecule has 0 saturated carbocycles. The summed E-state index contributed by atoms with van der Waals surface area (Å²) in [6, 6.07) is 16.5. The quantitative estimate of drug-likeness (QED) is 0.675. The van der Waals surface area contributed by atoms with Crippen LogP contribution in [0.4, 0.5) is 0 Å². The second-order valence-electron chi connectivity index (χ2n) is 6.46. The Balaban J connectivity index is 2.38. The molecule has 0 aliphatic rings. The first kappa shape index (κ1) is 18.7. The molecule has 0 spiro atoms. The molecule has 3 rings (SSSR count). The number of hydrogen-bond donors (Lipinski definition) is 2. The van der Waals surface area contributed by atoms with Gasteiger partial charge in [-0.1, -0.05) is 36.4 Å². The van der Waals surface area contributed by atoms with Crippen LogP contribution in [-0.4, -0.2) is 37.2 Å². The van der Waals surface area contributed by atoms with Gasteiger partial charge in [0.25, 0.3) is 0 Å². The summed E-state index contributed by atoms with van der Waals surface area (Å²) in [6.45, 7) is 0. The highest BCUT2D eigenvalue weighted by Gasteiger charge is 2.27. The number of phenolic OH excluding ortho intramolecular Hbond substituents is 1. The monoisotopic (exact) mass is 366 g/mol. The summed E-state index contributed by atoms with van der Waals surface area (Å²) in [7, 11) is 5.41. The molecule has 0 aliphatic carbocycles. The lowest BCUT2D eigenvalue weighted by molar-refractivity contribution is 0.0500. The Kier molecular flexibility index (Phi) is 5.30. The molecular formula is C21H22N2O4. The van der Waals surface area contributed by atoms with E-state index in [4.69, 9.17) is 10.6 Å². The van der Waals surface area contributed by atoms with Crippen molar-refractivity contribution >= 4 is 16.7 Å². The van der Waals surface area contributed by atoms with E-state index in [2.05, 4.69) is 4.84 Å². The second kappa shape index (κ2) is 7.65. The zero-order valence-electron chi connectivity index (χ0n) is 15.5. The van der Waals surface area contributed by atoms with Gasteiger partial charge in [-0.05, 0) is 48.6 Å². The van der Waals surface area contributed by atoms with Gasteiger partial charge >= 0.3 is 5.97 Å². The molecule has 6 heteroatoms. The number of ether oxygens (including phenoxy) is 1. The molecule has 0 radical (unpaired) electrons. The van der Waals surface area contributed by atoms with Gasteiger partial charge in [0.2, 0.25) is 0 Å². The lowest BCUT2D eigenvalue weighted by Gasteiger charge is -2.28. The normalized spacial score (nSPS) is 12.2. The van der Waals surface area contributed by atoms with E-state index in [0.29, 0.717) is 11.3 Å². The molecule has 27 heavy (non-hydrogen) atoms. The van der Waals surface area contributed by atoms with Crippen LogP contribution in [0.25, 0.3) is 10.8 Å². The van der Waals surface area contributed by atoms with E-state index in [1.165, 1.54) is 0 Å². The maximum Gasteiger partial charge on any atom is 0.360 e. The van der Waals surface area contributed by atoms with Crippen LogP contribution in [-0.2, 0) is 4.84 Å². The number of benzene rings is 3. The molecule has 0 aromatic heterocycles. The predicted octanol–water partition coefficient (Wildman–Crippen LogP) is 3.24. The van der Waals surface area contributed by atoms with Crippen molar-refractivity contribution in [3.8, 4) is 11.5 Å². The van der Waals surface area contributed by atoms with Crippen LogP contribution in [0.15, 0.2) is 54.6 Å². The van der Waals surface area contributed by atoms with Gasteiger partial charge in [-0.25, -0.2) is 4.79 Å². The molecular weight excluding hydrogens is 344 g/mol. The second-order valence-corrected chi connectivity index (χ2v) is 6.46. The number of methoxy groups -OCH3 is 1. The number of phenols is 1. The first-order chi connectivity index (χ1) is 13.0. The van der Waals surface area contributed by atoms with Crippen LogP contribution in [0, 0.1) is 0 Å². The minimum atomic E-state index is -0.802. The first-order valence-corrected chi connectivity index (χ1v) is 8.44. The van der Waals surface area contributed by atoms with Crippen LogP contribution >= 0.6 is 0 Å². The largest absolute Gasteiger partial charge is 0.507 e. The Morgan fingerprint density at radius 3 is 2.41 bits per heavy atom. The van der Waals surface area contributed by atoms with Gasteiger partial charge in [0.1, 0.15) is 17.1 Å². The summed E-state index contributed by atoms with van der Waals surface area (Å²) in [4.78, 5) is 18.5. The molecule has 0 heterocycles. The minimum Gasteiger partial charge on any atom is -0.507 e. The third-order valence-corrected chi connectivity index (χ3v) is 4.59. The SMILES string of the molecule is COc1ccc2c(C(c3ccccc3)N(C)C)c(O)c(C(=O)ON)cc2c1. The van der Waals surface area contributed by atoms with E-state index in [1.807, 2.05) is 67.5 Å².